The molecule has 0 saturated carbocycles. The van der Waals surface area contributed by atoms with Gasteiger partial charge in [-0.15, -0.1) is 0 Å². The van der Waals surface area contributed by atoms with Crippen molar-refractivity contribution in [2.75, 3.05) is 11.4 Å². The van der Waals surface area contributed by atoms with Crippen LogP contribution in [-0.4, -0.2) is 41.2 Å². The zero-order valence-electron chi connectivity index (χ0n) is 20.9. The van der Waals surface area contributed by atoms with Crippen molar-refractivity contribution in [1.29, 1.82) is 0 Å². The lowest BCUT2D eigenvalue weighted by Gasteiger charge is -2.33. The van der Waals surface area contributed by atoms with Gasteiger partial charge in [-0.3, -0.25) is 19.3 Å². The van der Waals surface area contributed by atoms with Gasteiger partial charge in [0.1, 0.15) is 12.6 Å². The van der Waals surface area contributed by atoms with Gasteiger partial charge in [-0.2, -0.15) is 0 Å². The standard InChI is InChI=1S/C29H33N3O3/c1-5-20(4)30-28(34)24(6-2)31(17-21-15-13-19(3)14-16-21)26(33)18-32-25-12-8-10-22-9-7-11-23(27(22)25)29(32)35/h7-16,20,24H,5-6,17-18H2,1-4H3,(H,30,34). The van der Waals surface area contributed by atoms with E-state index in [9.17, 15) is 14.4 Å². The largest absolute Gasteiger partial charge is 0.352 e. The molecule has 0 bridgehead atoms. The second-order valence-corrected chi connectivity index (χ2v) is 9.32. The Kier molecular flexibility index (Phi) is 7.20. The second kappa shape index (κ2) is 10.3. The van der Waals surface area contributed by atoms with E-state index in [1.165, 1.54) is 0 Å². The molecule has 0 fully saturated rings. The molecule has 0 spiro atoms. The highest BCUT2D eigenvalue weighted by molar-refractivity contribution is 6.26. The number of amides is 3. The quantitative estimate of drug-likeness (QED) is 0.486. The van der Waals surface area contributed by atoms with E-state index in [1.54, 1.807) is 15.9 Å². The normalized spacial score (nSPS) is 14.2. The molecule has 1 N–H and O–H groups in total. The molecule has 6 heteroatoms. The van der Waals surface area contributed by atoms with Crippen LogP contribution in [0.5, 0.6) is 0 Å². The van der Waals surface area contributed by atoms with Crippen LogP contribution in [0.3, 0.4) is 0 Å². The fourth-order valence-corrected chi connectivity index (χ4v) is 4.61. The van der Waals surface area contributed by atoms with Crippen LogP contribution in [0.4, 0.5) is 5.69 Å². The Bertz CT molecular complexity index is 1250. The number of anilines is 1. The maximum Gasteiger partial charge on any atom is 0.259 e. The van der Waals surface area contributed by atoms with E-state index in [-0.39, 0.29) is 30.3 Å². The molecule has 1 aliphatic rings. The SMILES string of the molecule is CCC(C)NC(=O)C(CC)N(Cc1ccc(C)cc1)C(=O)CN1C(=O)c2cccc3cccc1c23. The average molecular weight is 472 g/mol. The summed E-state index contributed by atoms with van der Waals surface area (Å²) in [4.78, 5) is 43.4. The fraction of sp³-hybridized carbons (Fsp3) is 0.345. The minimum atomic E-state index is -0.631. The van der Waals surface area contributed by atoms with Crippen LogP contribution in [0.15, 0.2) is 60.7 Å². The molecule has 0 aliphatic carbocycles. The van der Waals surface area contributed by atoms with Crippen molar-refractivity contribution in [3.8, 4) is 0 Å². The Morgan fingerprint density at radius 3 is 2.31 bits per heavy atom. The zero-order valence-corrected chi connectivity index (χ0v) is 20.9. The first-order chi connectivity index (χ1) is 16.8. The molecule has 3 aromatic carbocycles. The monoisotopic (exact) mass is 471 g/mol. The van der Waals surface area contributed by atoms with Gasteiger partial charge in [0.15, 0.2) is 0 Å². The number of nitrogens with one attached hydrogen (secondary N) is 1. The first-order valence-corrected chi connectivity index (χ1v) is 12.3. The van der Waals surface area contributed by atoms with Crippen LogP contribution >= 0.6 is 0 Å². The Morgan fingerprint density at radius 2 is 1.66 bits per heavy atom. The molecule has 0 aromatic heterocycles. The number of carbonyl (C=O) groups excluding carboxylic acids is 3. The molecule has 4 rings (SSSR count). The van der Waals surface area contributed by atoms with Gasteiger partial charge in [0.2, 0.25) is 11.8 Å². The molecule has 6 nitrogen and oxygen atoms in total. The van der Waals surface area contributed by atoms with Crippen molar-refractivity contribution in [1.82, 2.24) is 10.2 Å². The summed E-state index contributed by atoms with van der Waals surface area (Å²) >= 11 is 0. The Morgan fingerprint density at radius 1 is 0.971 bits per heavy atom. The molecule has 3 amide bonds. The molecule has 0 radical (unpaired) electrons. The van der Waals surface area contributed by atoms with Crippen LogP contribution in [0.1, 0.15) is 55.1 Å². The average Bonchev–Trinajstić information content (AvgIpc) is 3.13. The number of hydrogen-bond donors (Lipinski definition) is 1. The minimum Gasteiger partial charge on any atom is -0.352 e. The van der Waals surface area contributed by atoms with Gasteiger partial charge in [0, 0.05) is 23.5 Å². The minimum absolute atomic E-state index is 0.0140. The van der Waals surface area contributed by atoms with Crippen LogP contribution in [0, 0.1) is 6.92 Å². The predicted molar refractivity (Wildman–Crippen MR) is 139 cm³/mol. The third-order valence-corrected chi connectivity index (χ3v) is 6.80. The summed E-state index contributed by atoms with van der Waals surface area (Å²) in [7, 11) is 0. The lowest BCUT2D eigenvalue weighted by atomic mass is 10.1. The molecule has 2 atom stereocenters. The number of carbonyl (C=O) groups is 3. The van der Waals surface area contributed by atoms with Crippen molar-refractivity contribution in [2.45, 2.75) is 59.2 Å². The van der Waals surface area contributed by atoms with Crippen molar-refractivity contribution < 1.29 is 14.4 Å². The molecule has 2 unspecified atom stereocenters. The van der Waals surface area contributed by atoms with Crippen LogP contribution in [0.2, 0.25) is 0 Å². The summed E-state index contributed by atoms with van der Waals surface area (Å²) in [5.41, 5.74) is 3.42. The summed E-state index contributed by atoms with van der Waals surface area (Å²) < 4.78 is 0. The maximum atomic E-state index is 13.8. The first kappa shape index (κ1) is 24.5. The molecule has 35 heavy (non-hydrogen) atoms. The number of rotatable bonds is 9. The molecular formula is C29H33N3O3. The van der Waals surface area contributed by atoms with Gasteiger partial charge in [0.25, 0.3) is 5.91 Å². The summed E-state index contributed by atoms with van der Waals surface area (Å²) in [5.74, 6) is -0.604. The molecule has 1 heterocycles. The summed E-state index contributed by atoms with van der Waals surface area (Å²) in [6, 6.07) is 18.7. The van der Waals surface area contributed by atoms with E-state index in [4.69, 9.17) is 0 Å². The zero-order chi connectivity index (χ0) is 25.1. The van der Waals surface area contributed by atoms with E-state index in [2.05, 4.69) is 5.32 Å². The fourth-order valence-electron chi connectivity index (χ4n) is 4.61. The molecule has 0 saturated heterocycles. The summed E-state index contributed by atoms with van der Waals surface area (Å²) in [6.45, 7) is 8.07. The third-order valence-electron chi connectivity index (χ3n) is 6.80. The molecular weight excluding hydrogens is 438 g/mol. The highest BCUT2D eigenvalue weighted by Gasteiger charge is 2.35. The highest BCUT2D eigenvalue weighted by Crippen LogP contribution is 2.37. The molecule has 182 valence electrons. The Hall–Kier alpha value is -3.67. The summed E-state index contributed by atoms with van der Waals surface area (Å²) in [6.07, 6.45) is 1.28. The van der Waals surface area contributed by atoms with Gasteiger partial charge < -0.3 is 10.2 Å². The van der Waals surface area contributed by atoms with Crippen molar-refractivity contribution in [2.24, 2.45) is 0 Å². The third kappa shape index (κ3) is 4.92. The van der Waals surface area contributed by atoms with Gasteiger partial charge in [-0.1, -0.05) is 67.9 Å². The van der Waals surface area contributed by atoms with Crippen molar-refractivity contribution >= 4 is 34.2 Å². The number of nitrogens with zero attached hydrogens (tertiary/aromatic N) is 2. The van der Waals surface area contributed by atoms with Crippen LogP contribution in [0.25, 0.3) is 10.8 Å². The number of hydrogen-bond acceptors (Lipinski definition) is 3. The van der Waals surface area contributed by atoms with Crippen molar-refractivity contribution in [3.63, 3.8) is 0 Å². The van der Waals surface area contributed by atoms with Gasteiger partial charge in [-0.25, -0.2) is 0 Å². The van der Waals surface area contributed by atoms with Gasteiger partial charge in [0.05, 0.1) is 5.69 Å². The van der Waals surface area contributed by atoms with E-state index in [1.807, 2.05) is 82.3 Å². The topological polar surface area (TPSA) is 69.7 Å². The second-order valence-electron chi connectivity index (χ2n) is 9.32. The molecule has 3 aromatic rings. The molecule has 1 aliphatic heterocycles. The summed E-state index contributed by atoms with van der Waals surface area (Å²) in [5, 5.41) is 4.88. The van der Waals surface area contributed by atoms with Crippen LogP contribution < -0.4 is 10.2 Å². The van der Waals surface area contributed by atoms with Crippen LogP contribution in [-0.2, 0) is 16.1 Å². The van der Waals surface area contributed by atoms with E-state index < -0.39 is 6.04 Å². The van der Waals surface area contributed by atoms with Gasteiger partial charge in [-0.05, 0) is 49.8 Å². The Balaban J connectivity index is 1.64. The number of benzene rings is 3. The lowest BCUT2D eigenvalue weighted by Crippen LogP contribution is -2.53. The van der Waals surface area contributed by atoms with Crippen molar-refractivity contribution in [3.05, 3.63) is 77.4 Å². The highest BCUT2D eigenvalue weighted by atomic mass is 16.2. The Labute approximate surface area is 206 Å². The van der Waals surface area contributed by atoms with E-state index >= 15 is 0 Å². The smallest absolute Gasteiger partial charge is 0.259 e. The van der Waals surface area contributed by atoms with Gasteiger partial charge >= 0.3 is 0 Å². The van der Waals surface area contributed by atoms with E-state index in [0.29, 0.717) is 18.5 Å². The predicted octanol–water partition coefficient (Wildman–Crippen LogP) is 4.83. The first-order valence-electron chi connectivity index (χ1n) is 12.3. The lowest BCUT2D eigenvalue weighted by molar-refractivity contribution is -0.140. The maximum absolute atomic E-state index is 13.8. The van der Waals surface area contributed by atoms with E-state index in [0.717, 1.165) is 34.0 Å². The number of aryl methyl sites for hydroxylation is 1.